The van der Waals surface area contributed by atoms with Crippen LogP contribution in [-0.2, 0) is 0 Å². The SMILES string of the molecule is C=C/C=C(\C=C/CC)C(CC(CC(C)(C)C)C(/C=C\C)=C/C=C)CC(C(/C=C\C)=C/C=C)C(C)(C)C. The van der Waals surface area contributed by atoms with Crippen LogP contribution in [0.1, 0.15) is 88.0 Å². The van der Waals surface area contributed by atoms with Crippen LogP contribution in [0.4, 0.5) is 0 Å². The van der Waals surface area contributed by atoms with E-state index >= 15 is 0 Å². The van der Waals surface area contributed by atoms with Gasteiger partial charge < -0.3 is 0 Å². The summed E-state index contributed by atoms with van der Waals surface area (Å²) >= 11 is 0. The molecule has 0 radical (unpaired) electrons. The van der Waals surface area contributed by atoms with E-state index in [0.717, 1.165) is 25.7 Å². The highest BCUT2D eigenvalue weighted by atomic mass is 14.4. The first kappa shape index (κ1) is 33.7. The molecule has 3 atom stereocenters. The molecule has 200 valence electrons. The number of allylic oxidation sites excluding steroid dienone is 15. The summed E-state index contributed by atoms with van der Waals surface area (Å²) < 4.78 is 0. The molecule has 0 aromatic rings. The van der Waals surface area contributed by atoms with Crippen LogP contribution in [0.5, 0.6) is 0 Å². The van der Waals surface area contributed by atoms with Crippen molar-refractivity contribution in [2.45, 2.75) is 88.0 Å². The number of hydrogen-bond donors (Lipinski definition) is 0. The second kappa shape index (κ2) is 17.2. The highest BCUT2D eigenvalue weighted by Gasteiger charge is 2.32. The van der Waals surface area contributed by atoms with Gasteiger partial charge in [-0.25, -0.2) is 0 Å². The third-order valence-corrected chi connectivity index (χ3v) is 6.53. The lowest BCUT2D eigenvalue weighted by atomic mass is 9.67. The van der Waals surface area contributed by atoms with Crippen LogP contribution in [-0.4, -0.2) is 0 Å². The predicted molar refractivity (Wildman–Crippen MR) is 167 cm³/mol. The largest absolute Gasteiger partial charge is 0.0991 e. The molecular weight excluding hydrogens is 432 g/mol. The van der Waals surface area contributed by atoms with Crippen LogP contribution in [0.15, 0.2) is 109 Å². The van der Waals surface area contributed by atoms with Crippen molar-refractivity contribution in [2.24, 2.45) is 28.6 Å². The fraction of sp³-hybridized carbons (Fsp3) is 0.500. The molecule has 0 fully saturated rings. The average molecular weight is 489 g/mol. The second-order valence-corrected chi connectivity index (χ2v) is 12.1. The van der Waals surface area contributed by atoms with Crippen molar-refractivity contribution < 1.29 is 0 Å². The van der Waals surface area contributed by atoms with E-state index in [-0.39, 0.29) is 10.8 Å². The molecule has 0 heteroatoms. The molecule has 0 aliphatic heterocycles. The van der Waals surface area contributed by atoms with E-state index in [1.807, 2.05) is 18.2 Å². The summed E-state index contributed by atoms with van der Waals surface area (Å²) in [6.45, 7) is 32.6. The molecule has 0 amide bonds. The first-order chi connectivity index (χ1) is 16.9. The Morgan fingerprint density at radius 2 is 1.14 bits per heavy atom. The molecule has 0 aromatic heterocycles. The van der Waals surface area contributed by atoms with Gasteiger partial charge in [0.05, 0.1) is 0 Å². The van der Waals surface area contributed by atoms with E-state index in [1.165, 1.54) is 16.7 Å². The van der Waals surface area contributed by atoms with Gasteiger partial charge in [0, 0.05) is 0 Å². The molecule has 0 nitrogen and oxygen atoms in total. The molecule has 0 aliphatic rings. The summed E-state index contributed by atoms with van der Waals surface area (Å²) in [5.41, 5.74) is 4.43. The fourth-order valence-corrected chi connectivity index (χ4v) is 5.05. The van der Waals surface area contributed by atoms with Crippen molar-refractivity contribution in [1.82, 2.24) is 0 Å². The Morgan fingerprint density at radius 1 is 0.667 bits per heavy atom. The Bertz CT molecular complexity index is 849. The zero-order valence-corrected chi connectivity index (χ0v) is 25.1. The van der Waals surface area contributed by atoms with E-state index in [1.54, 1.807) is 0 Å². The van der Waals surface area contributed by atoms with E-state index in [9.17, 15) is 0 Å². The minimum Gasteiger partial charge on any atom is -0.0991 e. The topological polar surface area (TPSA) is 0 Å². The van der Waals surface area contributed by atoms with Crippen molar-refractivity contribution in [3.8, 4) is 0 Å². The summed E-state index contributed by atoms with van der Waals surface area (Å²) in [5, 5.41) is 0. The molecule has 0 rings (SSSR count). The average Bonchev–Trinajstić information content (AvgIpc) is 2.77. The van der Waals surface area contributed by atoms with Gasteiger partial charge in [0.25, 0.3) is 0 Å². The van der Waals surface area contributed by atoms with Crippen LogP contribution < -0.4 is 0 Å². The first-order valence-electron chi connectivity index (χ1n) is 13.8. The quantitative estimate of drug-likeness (QED) is 0.201. The number of hydrogen-bond acceptors (Lipinski definition) is 0. The molecule has 3 unspecified atom stereocenters. The molecular formula is C36H56. The Morgan fingerprint density at radius 3 is 1.56 bits per heavy atom. The molecule has 0 heterocycles. The second-order valence-electron chi connectivity index (χ2n) is 12.1. The molecule has 0 saturated carbocycles. The van der Waals surface area contributed by atoms with Crippen molar-refractivity contribution in [1.29, 1.82) is 0 Å². The van der Waals surface area contributed by atoms with Crippen LogP contribution in [0.25, 0.3) is 0 Å². The monoisotopic (exact) mass is 488 g/mol. The Labute approximate surface area is 225 Å². The van der Waals surface area contributed by atoms with Crippen LogP contribution in [0.3, 0.4) is 0 Å². The van der Waals surface area contributed by atoms with Crippen molar-refractivity contribution in [3.05, 3.63) is 109 Å². The molecule has 0 bridgehead atoms. The lowest BCUT2D eigenvalue weighted by Crippen LogP contribution is -2.27. The summed E-state index contributed by atoms with van der Waals surface area (Å²) in [5.74, 6) is 1.21. The minimum absolute atomic E-state index is 0.114. The van der Waals surface area contributed by atoms with E-state index in [0.29, 0.717) is 17.8 Å². The van der Waals surface area contributed by atoms with E-state index in [2.05, 4.69) is 137 Å². The van der Waals surface area contributed by atoms with Gasteiger partial charge in [-0.05, 0) is 84.8 Å². The van der Waals surface area contributed by atoms with Crippen LogP contribution in [0, 0.1) is 28.6 Å². The van der Waals surface area contributed by atoms with Gasteiger partial charge in [-0.2, -0.15) is 0 Å². The lowest BCUT2D eigenvalue weighted by Gasteiger charge is -2.37. The lowest BCUT2D eigenvalue weighted by molar-refractivity contribution is 0.222. The molecule has 0 aliphatic carbocycles. The Balaban J connectivity index is 6.93. The first-order valence-corrected chi connectivity index (χ1v) is 13.8. The highest BCUT2D eigenvalue weighted by molar-refractivity contribution is 5.32. The van der Waals surface area contributed by atoms with Gasteiger partial charge in [-0.15, -0.1) is 0 Å². The van der Waals surface area contributed by atoms with Gasteiger partial charge in [0.15, 0.2) is 0 Å². The maximum Gasteiger partial charge on any atom is -0.0108 e. The maximum atomic E-state index is 4.06. The molecule has 0 spiro atoms. The smallest absolute Gasteiger partial charge is 0.0108 e. The molecule has 0 N–H and O–H groups in total. The zero-order chi connectivity index (χ0) is 27.8. The van der Waals surface area contributed by atoms with E-state index < -0.39 is 0 Å². The summed E-state index contributed by atoms with van der Waals surface area (Å²) in [7, 11) is 0. The minimum atomic E-state index is 0.114. The maximum absolute atomic E-state index is 4.06. The van der Waals surface area contributed by atoms with Gasteiger partial charge in [-0.1, -0.05) is 141 Å². The van der Waals surface area contributed by atoms with Crippen molar-refractivity contribution in [2.75, 3.05) is 0 Å². The van der Waals surface area contributed by atoms with Gasteiger partial charge in [0.2, 0.25) is 0 Å². The summed E-state index contributed by atoms with van der Waals surface area (Å²) in [6.07, 6.45) is 30.2. The molecule has 36 heavy (non-hydrogen) atoms. The normalized spacial score (nSPS) is 17.1. The van der Waals surface area contributed by atoms with Crippen LogP contribution >= 0.6 is 0 Å². The van der Waals surface area contributed by atoms with Gasteiger partial charge in [-0.3, -0.25) is 0 Å². The number of rotatable bonds is 15. The summed E-state index contributed by atoms with van der Waals surface area (Å²) in [6, 6.07) is 0. The Kier molecular flexibility index (Phi) is 16.1. The standard InChI is InChI=1S/C36H56/c1-13-19-25-30(22-16-4)32(27-34(36(10,11)12)31(23-17-5)24-18-6)26-33(28-35(7,8)9)29(20-14-2)21-15-3/h14-25,32-34H,2,4-5,13,26-28H2,1,3,6-12H3/b21-15-,24-18-,25-19-,29-20+,30-22+,31-23+. The fourth-order valence-electron chi connectivity index (χ4n) is 5.05. The van der Waals surface area contributed by atoms with E-state index in [4.69, 9.17) is 0 Å². The van der Waals surface area contributed by atoms with Crippen molar-refractivity contribution in [3.63, 3.8) is 0 Å². The molecule has 0 aromatic carbocycles. The zero-order valence-electron chi connectivity index (χ0n) is 25.1. The third-order valence-electron chi connectivity index (χ3n) is 6.53. The van der Waals surface area contributed by atoms with Crippen LogP contribution in [0.2, 0.25) is 0 Å². The van der Waals surface area contributed by atoms with Crippen molar-refractivity contribution >= 4 is 0 Å². The van der Waals surface area contributed by atoms with Gasteiger partial charge in [0.1, 0.15) is 0 Å². The highest BCUT2D eigenvalue weighted by Crippen LogP contribution is 2.43. The van der Waals surface area contributed by atoms with Gasteiger partial charge >= 0.3 is 0 Å². The summed E-state index contributed by atoms with van der Waals surface area (Å²) in [4.78, 5) is 0. The third kappa shape index (κ3) is 13.1. The molecule has 0 saturated heterocycles. The predicted octanol–water partition coefficient (Wildman–Crippen LogP) is 11.6. The Hall–Kier alpha value is -2.34.